The summed E-state index contributed by atoms with van der Waals surface area (Å²) in [5.74, 6) is 5.40. The van der Waals surface area contributed by atoms with Gasteiger partial charge >= 0.3 is 0 Å². The van der Waals surface area contributed by atoms with Crippen LogP contribution in [0.25, 0.3) is 10.9 Å². The second-order valence-corrected chi connectivity index (χ2v) is 3.76. The number of hydrogen-bond donors (Lipinski definition) is 2. The first-order valence-electron chi connectivity index (χ1n) is 5.10. The predicted octanol–water partition coefficient (Wildman–Crippen LogP) is 1.63. The Morgan fingerprint density at radius 1 is 1.33 bits per heavy atom. The summed E-state index contributed by atoms with van der Waals surface area (Å²) >= 11 is 0. The van der Waals surface area contributed by atoms with Crippen molar-refractivity contribution in [3.8, 4) is 0 Å². The maximum absolute atomic E-state index is 5.40. The van der Waals surface area contributed by atoms with E-state index >= 15 is 0 Å². The number of nitrogens with zero attached hydrogens (tertiary/aromatic N) is 1. The Hall–Kier alpha value is -1.45. The zero-order chi connectivity index (χ0) is 10.7. The largest absolute Gasteiger partial charge is 0.271 e. The molecule has 0 aliphatic rings. The van der Waals surface area contributed by atoms with E-state index in [1.54, 1.807) is 0 Å². The average Bonchev–Trinajstić information content (AvgIpc) is 2.29. The highest BCUT2D eigenvalue weighted by atomic mass is 15.2. The van der Waals surface area contributed by atoms with Gasteiger partial charge in [0.15, 0.2) is 0 Å². The lowest BCUT2D eigenvalue weighted by Gasteiger charge is -2.11. The van der Waals surface area contributed by atoms with Gasteiger partial charge < -0.3 is 0 Å². The van der Waals surface area contributed by atoms with Crippen molar-refractivity contribution in [2.24, 2.45) is 5.84 Å². The third-order valence-electron chi connectivity index (χ3n) is 2.55. The molecule has 3 nitrogen and oxygen atoms in total. The molecule has 78 valence electrons. The number of rotatable bonds is 3. The molecule has 2 aromatic rings. The molecule has 0 aliphatic carbocycles. The van der Waals surface area contributed by atoms with Gasteiger partial charge in [0, 0.05) is 17.6 Å². The summed E-state index contributed by atoms with van der Waals surface area (Å²) in [5.41, 5.74) is 5.08. The highest BCUT2D eigenvalue weighted by Gasteiger charge is 2.04. The minimum atomic E-state index is 0.274. The Balaban J connectivity index is 2.42. The standard InChI is InChI=1S/C12H15N3/c1-9(15-13)8-10-6-7-14-12-5-3-2-4-11(10)12/h2-7,9,15H,8,13H2,1H3. The van der Waals surface area contributed by atoms with Crippen molar-refractivity contribution in [1.82, 2.24) is 10.4 Å². The topological polar surface area (TPSA) is 50.9 Å². The van der Waals surface area contributed by atoms with Gasteiger partial charge in [0.2, 0.25) is 0 Å². The van der Waals surface area contributed by atoms with Crippen molar-refractivity contribution in [3.63, 3.8) is 0 Å². The lowest BCUT2D eigenvalue weighted by atomic mass is 10.0. The first-order valence-corrected chi connectivity index (χ1v) is 5.10. The van der Waals surface area contributed by atoms with E-state index in [9.17, 15) is 0 Å². The van der Waals surface area contributed by atoms with Gasteiger partial charge in [-0.25, -0.2) is 0 Å². The Morgan fingerprint density at radius 3 is 2.93 bits per heavy atom. The van der Waals surface area contributed by atoms with Gasteiger partial charge in [0.05, 0.1) is 5.52 Å². The van der Waals surface area contributed by atoms with Gasteiger partial charge in [-0.05, 0) is 31.0 Å². The van der Waals surface area contributed by atoms with Crippen LogP contribution < -0.4 is 11.3 Å². The van der Waals surface area contributed by atoms with Crippen LogP contribution in [0.15, 0.2) is 36.5 Å². The molecule has 0 aliphatic heterocycles. The fraction of sp³-hybridized carbons (Fsp3) is 0.250. The summed E-state index contributed by atoms with van der Waals surface area (Å²) in [7, 11) is 0. The normalized spacial score (nSPS) is 12.9. The molecular weight excluding hydrogens is 186 g/mol. The molecule has 3 heteroatoms. The van der Waals surface area contributed by atoms with E-state index in [0.29, 0.717) is 0 Å². The molecule has 0 saturated carbocycles. The minimum Gasteiger partial charge on any atom is -0.271 e. The minimum absolute atomic E-state index is 0.274. The van der Waals surface area contributed by atoms with Crippen LogP contribution in [-0.4, -0.2) is 11.0 Å². The van der Waals surface area contributed by atoms with Crippen molar-refractivity contribution in [1.29, 1.82) is 0 Å². The molecule has 2 rings (SSSR count). The van der Waals surface area contributed by atoms with Crippen LogP contribution in [0.2, 0.25) is 0 Å². The highest BCUT2D eigenvalue weighted by Crippen LogP contribution is 2.17. The number of pyridine rings is 1. The van der Waals surface area contributed by atoms with Crippen molar-refractivity contribution in [3.05, 3.63) is 42.1 Å². The summed E-state index contributed by atoms with van der Waals surface area (Å²) in [6.07, 6.45) is 2.76. The van der Waals surface area contributed by atoms with E-state index in [4.69, 9.17) is 5.84 Å². The van der Waals surface area contributed by atoms with Crippen molar-refractivity contribution in [2.75, 3.05) is 0 Å². The van der Waals surface area contributed by atoms with Gasteiger partial charge in [-0.2, -0.15) is 0 Å². The molecule has 1 aromatic heterocycles. The number of aromatic nitrogens is 1. The summed E-state index contributed by atoms with van der Waals surface area (Å²) in [5, 5.41) is 1.21. The van der Waals surface area contributed by atoms with Crippen molar-refractivity contribution >= 4 is 10.9 Å². The maximum Gasteiger partial charge on any atom is 0.0704 e. The highest BCUT2D eigenvalue weighted by molar-refractivity contribution is 5.81. The molecule has 1 unspecified atom stereocenters. The van der Waals surface area contributed by atoms with Gasteiger partial charge in [-0.15, -0.1) is 0 Å². The second kappa shape index (κ2) is 4.38. The quantitative estimate of drug-likeness (QED) is 0.586. The SMILES string of the molecule is CC(Cc1ccnc2ccccc12)NN. The van der Waals surface area contributed by atoms with E-state index in [0.717, 1.165) is 11.9 Å². The Labute approximate surface area is 89.3 Å². The van der Waals surface area contributed by atoms with Crippen LogP contribution >= 0.6 is 0 Å². The molecule has 15 heavy (non-hydrogen) atoms. The number of fused-ring (bicyclic) bond motifs is 1. The molecule has 0 fully saturated rings. The molecule has 0 saturated heterocycles. The zero-order valence-electron chi connectivity index (χ0n) is 8.77. The van der Waals surface area contributed by atoms with Gasteiger partial charge in [-0.1, -0.05) is 18.2 Å². The van der Waals surface area contributed by atoms with E-state index < -0.39 is 0 Å². The van der Waals surface area contributed by atoms with Gasteiger partial charge in [0.1, 0.15) is 0 Å². The lowest BCUT2D eigenvalue weighted by Crippen LogP contribution is -2.34. The second-order valence-electron chi connectivity index (χ2n) is 3.76. The van der Waals surface area contributed by atoms with E-state index in [1.807, 2.05) is 24.4 Å². The Kier molecular flexibility index (Phi) is 2.94. The lowest BCUT2D eigenvalue weighted by molar-refractivity contribution is 0.569. The third kappa shape index (κ3) is 2.14. The first kappa shape index (κ1) is 10.1. The number of hydrogen-bond acceptors (Lipinski definition) is 3. The van der Waals surface area contributed by atoms with Crippen LogP contribution in [0.3, 0.4) is 0 Å². The maximum atomic E-state index is 5.40. The van der Waals surface area contributed by atoms with Gasteiger partial charge in [0.25, 0.3) is 0 Å². The van der Waals surface area contributed by atoms with Crippen LogP contribution in [-0.2, 0) is 6.42 Å². The van der Waals surface area contributed by atoms with E-state index in [2.05, 4.69) is 29.5 Å². The number of nitrogens with two attached hydrogens (primary N) is 1. The molecule has 0 amide bonds. The van der Waals surface area contributed by atoms with E-state index in [1.165, 1.54) is 10.9 Å². The summed E-state index contributed by atoms with van der Waals surface area (Å²) in [4.78, 5) is 4.32. The smallest absolute Gasteiger partial charge is 0.0704 e. The van der Waals surface area contributed by atoms with Crippen molar-refractivity contribution < 1.29 is 0 Å². The number of para-hydroxylation sites is 1. The monoisotopic (exact) mass is 201 g/mol. The first-order chi connectivity index (χ1) is 7.31. The van der Waals surface area contributed by atoms with Crippen molar-refractivity contribution in [2.45, 2.75) is 19.4 Å². The van der Waals surface area contributed by atoms with E-state index in [-0.39, 0.29) is 6.04 Å². The molecule has 0 radical (unpaired) electrons. The van der Waals surface area contributed by atoms with Crippen LogP contribution in [0, 0.1) is 0 Å². The molecule has 0 spiro atoms. The third-order valence-corrected chi connectivity index (χ3v) is 2.55. The van der Waals surface area contributed by atoms with Crippen LogP contribution in [0.5, 0.6) is 0 Å². The van der Waals surface area contributed by atoms with Crippen LogP contribution in [0.4, 0.5) is 0 Å². The van der Waals surface area contributed by atoms with Crippen LogP contribution in [0.1, 0.15) is 12.5 Å². The Bertz CT molecular complexity index is 448. The zero-order valence-corrected chi connectivity index (χ0v) is 8.77. The predicted molar refractivity (Wildman–Crippen MR) is 62.2 cm³/mol. The molecule has 0 bridgehead atoms. The average molecular weight is 201 g/mol. The van der Waals surface area contributed by atoms with Gasteiger partial charge in [-0.3, -0.25) is 16.3 Å². The molecule has 1 atom stereocenters. The molecule has 1 heterocycles. The number of hydrazine groups is 1. The Morgan fingerprint density at radius 2 is 2.13 bits per heavy atom. The molecule has 1 aromatic carbocycles. The summed E-state index contributed by atoms with van der Waals surface area (Å²) < 4.78 is 0. The fourth-order valence-electron chi connectivity index (χ4n) is 1.72. The fourth-order valence-corrected chi connectivity index (χ4v) is 1.72. The summed E-state index contributed by atoms with van der Waals surface area (Å²) in [6.45, 7) is 2.06. The summed E-state index contributed by atoms with van der Waals surface area (Å²) in [6, 6.07) is 10.5. The number of benzene rings is 1. The number of nitrogens with one attached hydrogen (secondary N) is 1. The molecule has 3 N–H and O–H groups in total. The molecular formula is C12H15N3.